The molecule has 1 aliphatic rings. The Morgan fingerprint density at radius 3 is 2.65 bits per heavy atom. The topological polar surface area (TPSA) is 46.2 Å². The Hall–Kier alpha value is -1.61. The maximum Gasteiger partial charge on any atom is 0.310 e. The Bertz CT molecular complexity index is 569. The number of rotatable bonds is 2. The number of aryl methyl sites for hydroxylation is 1. The van der Waals surface area contributed by atoms with Crippen LogP contribution in [0.4, 0.5) is 0 Å². The monoisotopic (exact) mass is 339 g/mol. The molecule has 0 aliphatic carbocycles. The molecule has 0 bridgehead atoms. The van der Waals surface area contributed by atoms with Crippen LogP contribution in [-0.2, 0) is 11.3 Å². The molecule has 0 spiro atoms. The first-order valence-electron chi connectivity index (χ1n) is 6.40. The Morgan fingerprint density at radius 1 is 1.40 bits per heavy atom. The first-order chi connectivity index (χ1) is 9.08. The summed E-state index contributed by atoms with van der Waals surface area (Å²) in [6, 6.07) is 0. The van der Waals surface area contributed by atoms with Crippen LogP contribution in [-0.4, -0.2) is 34.4 Å². The van der Waals surface area contributed by atoms with Gasteiger partial charge in [-0.15, -0.1) is 0 Å². The second-order valence-corrected chi connectivity index (χ2v) is 4.71. The largest absolute Gasteiger partial charge is 1.00 e. The maximum atomic E-state index is 11.4. The van der Waals surface area contributed by atoms with E-state index in [4.69, 9.17) is 0 Å². The zero-order chi connectivity index (χ0) is 13.8. The number of imidazole rings is 1. The minimum Gasteiger partial charge on any atom is -1.00 e. The lowest BCUT2D eigenvalue weighted by Gasteiger charge is -2.09. The van der Waals surface area contributed by atoms with Gasteiger partial charge >= 0.3 is 5.91 Å². The molecule has 1 aromatic rings. The minimum absolute atomic E-state index is 0. The van der Waals surface area contributed by atoms with Crippen molar-refractivity contribution in [2.75, 3.05) is 13.1 Å². The van der Waals surface area contributed by atoms with Crippen LogP contribution in [0.25, 0.3) is 0 Å². The van der Waals surface area contributed by atoms with E-state index in [1.54, 1.807) is 22.0 Å². The third kappa shape index (κ3) is 3.94. The number of hydrogen-bond acceptors (Lipinski definition) is 2. The van der Waals surface area contributed by atoms with E-state index < -0.39 is 0 Å². The molecule has 6 heteroatoms. The lowest BCUT2D eigenvalue weighted by Crippen LogP contribution is -3.00. The van der Waals surface area contributed by atoms with Gasteiger partial charge in [-0.3, -0.25) is 4.79 Å². The minimum atomic E-state index is -0.0162. The predicted molar refractivity (Wildman–Crippen MR) is 69.3 cm³/mol. The van der Waals surface area contributed by atoms with Crippen molar-refractivity contribution in [1.82, 2.24) is 9.47 Å². The summed E-state index contributed by atoms with van der Waals surface area (Å²) >= 11 is 0. The molecule has 0 unspecified atom stereocenters. The van der Waals surface area contributed by atoms with Crippen molar-refractivity contribution < 1.29 is 31.1 Å². The number of aromatic nitrogens is 2. The van der Waals surface area contributed by atoms with Gasteiger partial charge in [0.15, 0.2) is 6.54 Å². The molecule has 0 aromatic carbocycles. The zero-order valence-electron chi connectivity index (χ0n) is 11.7. The summed E-state index contributed by atoms with van der Waals surface area (Å²) in [5.41, 5.74) is 0.988. The summed E-state index contributed by atoms with van der Waals surface area (Å²) in [5, 5.41) is 0. The second kappa shape index (κ2) is 7.25. The van der Waals surface area contributed by atoms with Gasteiger partial charge in [0.05, 0.1) is 6.54 Å². The highest BCUT2D eigenvalue weighted by Gasteiger charge is 2.18. The van der Waals surface area contributed by atoms with E-state index in [1.165, 1.54) is 6.92 Å². The molecule has 1 fully saturated rings. The molecule has 2 rings (SSSR count). The highest BCUT2D eigenvalue weighted by Crippen LogP contribution is 2.07. The average Bonchev–Trinajstić information content (AvgIpc) is 2.92. The Kier molecular flexibility index (Phi) is 5.96. The number of amides is 1. The van der Waals surface area contributed by atoms with E-state index in [1.807, 2.05) is 11.5 Å². The van der Waals surface area contributed by atoms with Crippen molar-refractivity contribution in [3.05, 3.63) is 18.2 Å². The standard InChI is InChI=1S/C14H18N3O2.BrH/c1-12-10-17(13(2)18)11-16(12)8-4-3-7-15-9-5-6-14(15)19;/h10-11H,5-9H2,1-2H3;1H/q+1;/p-1. The van der Waals surface area contributed by atoms with Crippen molar-refractivity contribution in [1.29, 1.82) is 0 Å². The van der Waals surface area contributed by atoms with Crippen LogP contribution in [0.1, 0.15) is 30.3 Å². The fourth-order valence-corrected chi connectivity index (χ4v) is 2.05. The molecule has 0 atom stereocenters. The van der Waals surface area contributed by atoms with Gasteiger partial charge in [-0.25, -0.2) is 9.36 Å². The van der Waals surface area contributed by atoms with Crippen LogP contribution in [0, 0.1) is 18.8 Å². The van der Waals surface area contributed by atoms with Crippen molar-refractivity contribution in [2.45, 2.75) is 33.2 Å². The van der Waals surface area contributed by atoms with Crippen LogP contribution in [0.5, 0.6) is 0 Å². The molecule has 20 heavy (non-hydrogen) atoms. The van der Waals surface area contributed by atoms with Crippen LogP contribution in [0.3, 0.4) is 0 Å². The molecular weight excluding hydrogens is 322 g/mol. The van der Waals surface area contributed by atoms with E-state index in [0.29, 0.717) is 19.5 Å². The molecular formula is C14H18BrN3O2. The average molecular weight is 340 g/mol. The smallest absolute Gasteiger partial charge is 0.310 e. The second-order valence-electron chi connectivity index (χ2n) is 4.71. The van der Waals surface area contributed by atoms with E-state index in [9.17, 15) is 9.59 Å². The van der Waals surface area contributed by atoms with Crippen LogP contribution >= 0.6 is 0 Å². The first kappa shape index (κ1) is 16.4. The molecule has 0 N–H and O–H groups in total. The number of hydrogen-bond donors (Lipinski definition) is 0. The lowest BCUT2D eigenvalue weighted by molar-refractivity contribution is -0.572. The Labute approximate surface area is 129 Å². The van der Waals surface area contributed by atoms with E-state index in [0.717, 1.165) is 18.7 Å². The quantitative estimate of drug-likeness (QED) is 0.437. The highest BCUT2D eigenvalue weighted by molar-refractivity contribution is 5.78. The van der Waals surface area contributed by atoms with E-state index in [2.05, 4.69) is 11.8 Å². The summed E-state index contributed by atoms with van der Waals surface area (Å²) < 4.78 is 3.46. The Morgan fingerprint density at radius 2 is 2.10 bits per heavy atom. The summed E-state index contributed by atoms with van der Waals surface area (Å²) in [4.78, 5) is 24.4. The summed E-state index contributed by atoms with van der Waals surface area (Å²) in [7, 11) is 0. The molecule has 1 aromatic heterocycles. The molecule has 1 amide bonds. The molecule has 5 nitrogen and oxygen atoms in total. The lowest BCUT2D eigenvalue weighted by atomic mass is 10.4. The van der Waals surface area contributed by atoms with Gasteiger partial charge in [0.2, 0.25) is 5.91 Å². The predicted octanol–water partition coefficient (Wildman–Crippen LogP) is -2.63. The Balaban J connectivity index is 0.00000200. The third-order valence-electron chi connectivity index (χ3n) is 3.22. The molecule has 108 valence electrons. The zero-order valence-corrected chi connectivity index (χ0v) is 13.3. The molecule has 0 radical (unpaired) electrons. The van der Waals surface area contributed by atoms with E-state index >= 15 is 0 Å². The van der Waals surface area contributed by atoms with Crippen LogP contribution < -0.4 is 21.5 Å². The van der Waals surface area contributed by atoms with Crippen molar-refractivity contribution in [3.63, 3.8) is 0 Å². The van der Waals surface area contributed by atoms with Crippen molar-refractivity contribution in [3.8, 4) is 11.8 Å². The number of likely N-dealkylation sites (tertiary alicyclic amines) is 1. The number of nitrogens with zero attached hydrogens (tertiary/aromatic N) is 3. The molecule has 2 heterocycles. The van der Waals surface area contributed by atoms with Gasteiger partial charge in [0.1, 0.15) is 11.9 Å². The number of halogens is 1. The summed E-state index contributed by atoms with van der Waals surface area (Å²) in [6.45, 7) is 5.32. The summed E-state index contributed by atoms with van der Waals surface area (Å²) in [6.07, 6.45) is 5.12. The van der Waals surface area contributed by atoms with Gasteiger partial charge in [-0.2, -0.15) is 4.57 Å². The third-order valence-corrected chi connectivity index (χ3v) is 3.22. The fraction of sp³-hybridized carbons (Fsp3) is 0.500. The first-order valence-corrected chi connectivity index (χ1v) is 6.40. The molecule has 1 aliphatic heterocycles. The van der Waals surface area contributed by atoms with Gasteiger partial charge in [0.25, 0.3) is 6.33 Å². The van der Waals surface area contributed by atoms with Gasteiger partial charge in [0, 0.05) is 26.8 Å². The maximum absolute atomic E-state index is 11.4. The molecule has 1 saturated heterocycles. The van der Waals surface area contributed by atoms with E-state index in [-0.39, 0.29) is 28.8 Å². The fourth-order valence-electron chi connectivity index (χ4n) is 2.05. The van der Waals surface area contributed by atoms with Crippen molar-refractivity contribution in [2.24, 2.45) is 0 Å². The van der Waals surface area contributed by atoms with Crippen LogP contribution in [0.2, 0.25) is 0 Å². The van der Waals surface area contributed by atoms with Gasteiger partial charge in [-0.1, -0.05) is 11.8 Å². The SMILES string of the molecule is CC(=O)[n+]1cc(C)n(CC#CCN2CCCC2=O)c1.[Br-]. The highest BCUT2D eigenvalue weighted by atomic mass is 79.9. The number of carbonyl (C=O) groups is 2. The van der Waals surface area contributed by atoms with Gasteiger partial charge in [-0.05, 0) is 6.42 Å². The van der Waals surface area contributed by atoms with Gasteiger partial charge < -0.3 is 21.9 Å². The normalized spacial score (nSPS) is 13.7. The number of carbonyl (C=O) groups excluding carboxylic acids is 2. The molecule has 0 saturated carbocycles. The van der Waals surface area contributed by atoms with Crippen molar-refractivity contribution >= 4 is 11.8 Å². The van der Waals surface area contributed by atoms with Crippen LogP contribution in [0.15, 0.2) is 12.5 Å². The summed E-state index contributed by atoms with van der Waals surface area (Å²) in [5.74, 6) is 6.23.